The summed E-state index contributed by atoms with van der Waals surface area (Å²) < 4.78 is 12.6. The second kappa shape index (κ2) is 9.21. The molecule has 0 saturated heterocycles. The van der Waals surface area contributed by atoms with E-state index in [1.54, 1.807) is 30.3 Å². The normalized spacial score (nSPS) is 17.4. The third-order valence-corrected chi connectivity index (χ3v) is 7.69. The average Bonchev–Trinajstić information content (AvgIpc) is 3.53. The number of carbonyl (C=O) groups is 2. The van der Waals surface area contributed by atoms with E-state index in [-0.39, 0.29) is 23.6 Å². The molecular weight excluding hydrogens is 555 g/mol. The second-order valence-corrected chi connectivity index (χ2v) is 10.7. The lowest BCUT2D eigenvalue weighted by Gasteiger charge is -2.36. The molecule has 6 rings (SSSR count). The van der Waals surface area contributed by atoms with E-state index >= 15 is 0 Å². The van der Waals surface area contributed by atoms with Crippen LogP contribution in [0.3, 0.4) is 0 Å². The van der Waals surface area contributed by atoms with E-state index in [0.29, 0.717) is 44.1 Å². The van der Waals surface area contributed by atoms with Gasteiger partial charge in [0, 0.05) is 33.5 Å². The van der Waals surface area contributed by atoms with Crippen molar-refractivity contribution in [1.29, 1.82) is 0 Å². The molecule has 2 amide bonds. The first-order valence-corrected chi connectivity index (χ1v) is 13.2. The van der Waals surface area contributed by atoms with Crippen LogP contribution in [0.2, 0.25) is 10.0 Å². The molecule has 1 spiro atoms. The van der Waals surface area contributed by atoms with Crippen molar-refractivity contribution in [1.82, 2.24) is 19.5 Å². The highest BCUT2D eigenvalue weighted by Gasteiger charge is 2.64. The number of hydrogen-bond acceptors (Lipinski definition) is 7. The molecular formula is C28H24Cl2N6O4. The van der Waals surface area contributed by atoms with Gasteiger partial charge in [0.05, 0.1) is 31.2 Å². The van der Waals surface area contributed by atoms with Gasteiger partial charge in [0.25, 0.3) is 11.8 Å². The van der Waals surface area contributed by atoms with Crippen LogP contribution in [-0.2, 0) is 10.3 Å². The van der Waals surface area contributed by atoms with Gasteiger partial charge in [-0.05, 0) is 50.6 Å². The first kappa shape index (κ1) is 26.1. The Hall–Kier alpha value is -4.15. The number of methoxy groups -OCH3 is 2. The first-order chi connectivity index (χ1) is 19.1. The molecule has 1 N–H and O–H groups in total. The summed E-state index contributed by atoms with van der Waals surface area (Å²) >= 11 is 12.7. The van der Waals surface area contributed by atoms with Gasteiger partial charge in [-0.1, -0.05) is 35.3 Å². The fraction of sp³-hybridized carbons (Fsp3) is 0.250. The second-order valence-electron chi connectivity index (χ2n) is 9.80. The Morgan fingerprint density at radius 3 is 2.42 bits per heavy atom. The predicted octanol–water partition coefficient (Wildman–Crippen LogP) is 5.41. The summed E-state index contributed by atoms with van der Waals surface area (Å²) in [5.74, 6) is -0.274. The number of halogens is 2. The van der Waals surface area contributed by atoms with Crippen LogP contribution in [0.5, 0.6) is 11.9 Å². The lowest BCUT2D eigenvalue weighted by molar-refractivity contribution is -0.119. The molecule has 2 aromatic carbocycles. The van der Waals surface area contributed by atoms with Crippen molar-refractivity contribution < 1.29 is 19.1 Å². The number of amides is 2. The van der Waals surface area contributed by atoms with Crippen LogP contribution in [0, 0.1) is 6.92 Å². The summed E-state index contributed by atoms with van der Waals surface area (Å²) in [7, 11) is 2.93. The molecule has 1 unspecified atom stereocenters. The fourth-order valence-corrected chi connectivity index (χ4v) is 5.92. The number of anilines is 2. The van der Waals surface area contributed by atoms with E-state index in [2.05, 4.69) is 15.3 Å². The Kier molecular flexibility index (Phi) is 6.01. The van der Waals surface area contributed by atoms with Gasteiger partial charge in [0.1, 0.15) is 5.82 Å². The van der Waals surface area contributed by atoms with Gasteiger partial charge in [-0.15, -0.1) is 0 Å². The molecule has 0 saturated carbocycles. The topological polar surface area (TPSA) is 111 Å². The Balaban J connectivity index is 1.73. The third-order valence-electron chi connectivity index (χ3n) is 7.22. The number of fused-ring (bicyclic) bond motifs is 4. The van der Waals surface area contributed by atoms with Gasteiger partial charge in [-0.2, -0.15) is 4.98 Å². The first-order valence-electron chi connectivity index (χ1n) is 12.4. The number of aromatic nitrogens is 4. The molecule has 0 bridgehead atoms. The van der Waals surface area contributed by atoms with Gasteiger partial charge >= 0.3 is 6.01 Å². The smallest absolute Gasteiger partial charge is 0.319 e. The number of ether oxygens (including phenoxy) is 2. The summed E-state index contributed by atoms with van der Waals surface area (Å²) in [6.07, 6.45) is 1.53. The van der Waals surface area contributed by atoms with E-state index < -0.39 is 17.4 Å². The predicted molar refractivity (Wildman–Crippen MR) is 151 cm³/mol. The molecule has 10 nitrogen and oxygen atoms in total. The van der Waals surface area contributed by atoms with Crippen LogP contribution < -0.4 is 19.7 Å². The number of carbonyl (C=O) groups excluding carboxylic acids is 2. The Labute approximate surface area is 239 Å². The van der Waals surface area contributed by atoms with Gasteiger partial charge in [0.2, 0.25) is 5.88 Å². The number of nitrogens with one attached hydrogen (secondary N) is 1. The number of nitrogens with zero attached hydrogens (tertiary/aromatic N) is 5. The molecule has 12 heteroatoms. The van der Waals surface area contributed by atoms with Crippen LogP contribution in [0.15, 0.2) is 42.6 Å². The maximum atomic E-state index is 14.4. The highest BCUT2D eigenvalue weighted by Crippen LogP contribution is 2.55. The Morgan fingerprint density at radius 2 is 1.73 bits per heavy atom. The van der Waals surface area contributed by atoms with Crippen molar-refractivity contribution in [2.75, 3.05) is 24.4 Å². The summed E-state index contributed by atoms with van der Waals surface area (Å²) in [4.78, 5) is 43.6. The quantitative estimate of drug-likeness (QED) is 0.337. The molecule has 204 valence electrons. The van der Waals surface area contributed by atoms with E-state index in [1.807, 2.05) is 31.4 Å². The standard InChI is InChI=1S/C28H24Cl2N6O4/c1-13(2)35-22-21(33-23(35)17-12-31-27(40-5)34-24(17)39-4)25(37)36(20-11-16(30)7-6-14(20)3)28(22)18-9-8-15(29)10-19(18)32-26(28)38/h6-13H,1-5H3,(H,32,38). The van der Waals surface area contributed by atoms with Crippen molar-refractivity contribution in [2.45, 2.75) is 32.4 Å². The molecule has 4 aromatic rings. The molecule has 0 fully saturated rings. The molecule has 0 aliphatic carbocycles. The van der Waals surface area contributed by atoms with Crippen LogP contribution in [0.1, 0.15) is 47.2 Å². The Bertz CT molecular complexity index is 1740. The summed E-state index contributed by atoms with van der Waals surface area (Å²) in [6, 6.07) is 10.2. The van der Waals surface area contributed by atoms with Crippen molar-refractivity contribution >= 4 is 46.4 Å². The monoisotopic (exact) mass is 578 g/mol. The summed E-state index contributed by atoms with van der Waals surface area (Å²) in [5, 5.41) is 3.84. The molecule has 2 aromatic heterocycles. The summed E-state index contributed by atoms with van der Waals surface area (Å²) in [5.41, 5.74) is 1.71. The lowest BCUT2D eigenvalue weighted by Crippen LogP contribution is -2.51. The molecule has 2 aliphatic heterocycles. The number of rotatable bonds is 5. The number of hydrogen-bond donors (Lipinski definition) is 1. The summed E-state index contributed by atoms with van der Waals surface area (Å²) in [6.45, 7) is 5.76. The van der Waals surface area contributed by atoms with Crippen LogP contribution >= 0.6 is 23.2 Å². The van der Waals surface area contributed by atoms with Crippen molar-refractivity contribution in [3.63, 3.8) is 0 Å². The van der Waals surface area contributed by atoms with Gasteiger partial charge < -0.3 is 19.4 Å². The van der Waals surface area contributed by atoms with Crippen molar-refractivity contribution in [3.05, 3.63) is 75.2 Å². The number of benzene rings is 2. The molecule has 4 heterocycles. The maximum absolute atomic E-state index is 14.4. The Morgan fingerprint density at radius 1 is 1.00 bits per heavy atom. The van der Waals surface area contributed by atoms with Crippen LogP contribution in [0.25, 0.3) is 11.4 Å². The number of aryl methyl sites for hydroxylation is 1. The van der Waals surface area contributed by atoms with E-state index in [9.17, 15) is 9.59 Å². The van der Waals surface area contributed by atoms with E-state index in [0.717, 1.165) is 5.56 Å². The fourth-order valence-electron chi connectivity index (χ4n) is 5.58. The zero-order valence-electron chi connectivity index (χ0n) is 22.2. The minimum atomic E-state index is -1.60. The van der Waals surface area contributed by atoms with Crippen molar-refractivity contribution in [2.24, 2.45) is 0 Å². The largest absolute Gasteiger partial charge is 0.480 e. The third kappa shape index (κ3) is 3.45. The minimum absolute atomic E-state index is 0.118. The SMILES string of the molecule is COc1ncc(-c2nc3c(n2C(C)C)C2(C(=O)Nc4cc(Cl)ccc42)N(c2cc(Cl)ccc2C)C3=O)c(OC)n1. The van der Waals surface area contributed by atoms with E-state index in [1.165, 1.54) is 25.3 Å². The molecule has 40 heavy (non-hydrogen) atoms. The van der Waals surface area contributed by atoms with Gasteiger partial charge in [-0.3, -0.25) is 14.5 Å². The molecule has 1 atom stereocenters. The lowest BCUT2D eigenvalue weighted by atomic mass is 9.86. The van der Waals surface area contributed by atoms with Gasteiger partial charge in [-0.25, -0.2) is 9.97 Å². The highest BCUT2D eigenvalue weighted by atomic mass is 35.5. The number of imidazole rings is 1. The molecule has 0 radical (unpaired) electrons. The van der Waals surface area contributed by atoms with Crippen LogP contribution in [-0.4, -0.2) is 45.6 Å². The zero-order valence-corrected chi connectivity index (χ0v) is 23.8. The van der Waals surface area contributed by atoms with Crippen molar-refractivity contribution in [3.8, 4) is 23.3 Å². The van der Waals surface area contributed by atoms with Gasteiger partial charge in [0.15, 0.2) is 11.2 Å². The zero-order chi connectivity index (χ0) is 28.5. The highest BCUT2D eigenvalue weighted by molar-refractivity contribution is 6.32. The van der Waals surface area contributed by atoms with E-state index in [4.69, 9.17) is 37.7 Å². The average molecular weight is 579 g/mol. The minimum Gasteiger partial charge on any atom is -0.480 e. The van der Waals surface area contributed by atoms with Crippen LogP contribution in [0.4, 0.5) is 11.4 Å². The maximum Gasteiger partial charge on any atom is 0.319 e. The molecule has 2 aliphatic rings.